The van der Waals surface area contributed by atoms with Crippen molar-refractivity contribution in [1.29, 1.82) is 0 Å². The summed E-state index contributed by atoms with van der Waals surface area (Å²) in [6.07, 6.45) is 0.837. The van der Waals surface area contributed by atoms with E-state index < -0.39 is 0 Å². The molecule has 12 heavy (non-hydrogen) atoms. The van der Waals surface area contributed by atoms with Crippen LogP contribution >= 0.6 is 0 Å². The molecule has 1 radical (unpaired) electrons. The summed E-state index contributed by atoms with van der Waals surface area (Å²) in [6, 6.07) is 7.93. The Bertz CT molecular complexity index is 175. The average molecular weight is 280 g/mol. The number of rotatable bonds is 2. The molecule has 63 valence electrons. The third kappa shape index (κ3) is 4.22. The van der Waals surface area contributed by atoms with Crippen LogP contribution in [0.5, 0.6) is 5.75 Å². The van der Waals surface area contributed by atoms with Crippen LogP contribution in [-0.4, -0.2) is 7.11 Å². The summed E-state index contributed by atoms with van der Waals surface area (Å²) in [5, 5.41) is 0. The van der Waals surface area contributed by atoms with Crippen molar-refractivity contribution < 1.29 is 41.2 Å². The first-order chi connectivity index (χ1) is 4.86. The molecule has 1 aromatic carbocycles. The summed E-state index contributed by atoms with van der Waals surface area (Å²) in [4.78, 5) is 0. The monoisotopic (exact) mass is 278 g/mol. The topological polar surface area (TPSA) is 9.23 Å². The Morgan fingerprint density at radius 3 is 2.08 bits per heavy atom. The van der Waals surface area contributed by atoms with E-state index in [0.717, 1.165) is 12.2 Å². The molecular weight excluding hydrogens is 269 g/mol. The molecule has 0 aliphatic heterocycles. The quantitative estimate of drug-likeness (QED) is 0.636. The van der Waals surface area contributed by atoms with Crippen LogP contribution in [0, 0.1) is 6.92 Å². The molecule has 1 aromatic rings. The van der Waals surface area contributed by atoms with Gasteiger partial charge in [-0.3, -0.25) is 0 Å². The van der Waals surface area contributed by atoms with Crippen molar-refractivity contribution >= 4 is 0 Å². The van der Waals surface area contributed by atoms with Gasteiger partial charge in [0.15, 0.2) is 0 Å². The van der Waals surface area contributed by atoms with Crippen LogP contribution in [0.25, 0.3) is 0 Å². The van der Waals surface area contributed by atoms with E-state index in [9.17, 15) is 0 Å². The first kappa shape index (κ1) is 14.6. The smallest absolute Gasteiger partial charge is 0.118 e. The zero-order chi connectivity index (χ0) is 7.40. The van der Waals surface area contributed by atoms with E-state index in [2.05, 4.69) is 6.92 Å². The van der Waals surface area contributed by atoms with Crippen LogP contribution in [-0.2, 0) is 25.9 Å². The Balaban J connectivity index is 0. The molecule has 0 amide bonds. The number of benzene rings is 1. The maximum absolute atomic E-state index is 4.99. The first-order valence-corrected chi connectivity index (χ1v) is 3.29. The van der Waals surface area contributed by atoms with Gasteiger partial charge >= 0.3 is 0 Å². The molecule has 0 N–H and O–H groups in total. The molecule has 1 rings (SSSR count). The fourth-order valence-corrected chi connectivity index (χ4v) is 0.792. The van der Waals surface area contributed by atoms with E-state index >= 15 is 0 Å². The molecular formula is C9H11BrOZn-. The summed E-state index contributed by atoms with van der Waals surface area (Å²) in [7, 11) is 1.67. The maximum Gasteiger partial charge on any atom is 0.118 e. The Kier molecular flexibility index (Phi) is 9.46. The molecule has 0 atom stereocenters. The molecule has 0 saturated carbocycles. The van der Waals surface area contributed by atoms with Gasteiger partial charge in [0.2, 0.25) is 0 Å². The van der Waals surface area contributed by atoms with Gasteiger partial charge in [0.25, 0.3) is 0 Å². The summed E-state index contributed by atoms with van der Waals surface area (Å²) in [5.41, 5.74) is 1.24. The van der Waals surface area contributed by atoms with Gasteiger partial charge in [-0.25, -0.2) is 0 Å². The van der Waals surface area contributed by atoms with Crippen LogP contribution in [0.4, 0.5) is 0 Å². The second-order valence-corrected chi connectivity index (χ2v) is 2.10. The van der Waals surface area contributed by atoms with E-state index in [4.69, 9.17) is 4.74 Å². The predicted molar refractivity (Wildman–Crippen MR) is 42.1 cm³/mol. The molecule has 0 bridgehead atoms. The number of halogens is 1. The number of methoxy groups -OCH3 is 1. The molecule has 0 heterocycles. The average Bonchev–Trinajstić information content (AvgIpc) is 2.05. The zero-order valence-corrected chi connectivity index (χ0v) is 11.8. The Morgan fingerprint density at radius 2 is 1.75 bits per heavy atom. The number of ether oxygens (including phenoxy) is 1. The van der Waals surface area contributed by atoms with Crippen molar-refractivity contribution in [3.05, 3.63) is 36.8 Å². The van der Waals surface area contributed by atoms with Crippen LogP contribution in [0.15, 0.2) is 24.3 Å². The van der Waals surface area contributed by atoms with E-state index in [1.165, 1.54) is 5.56 Å². The van der Waals surface area contributed by atoms with Crippen molar-refractivity contribution in [3.8, 4) is 5.75 Å². The van der Waals surface area contributed by atoms with Crippen LogP contribution < -0.4 is 21.7 Å². The van der Waals surface area contributed by atoms with Crippen molar-refractivity contribution in [2.45, 2.75) is 6.42 Å². The summed E-state index contributed by atoms with van der Waals surface area (Å²) < 4.78 is 4.99. The van der Waals surface area contributed by atoms with Crippen LogP contribution in [0.3, 0.4) is 0 Å². The molecule has 0 spiro atoms. The number of hydrogen-bond donors (Lipinski definition) is 0. The molecule has 0 fully saturated rings. The largest absolute Gasteiger partial charge is 1.00 e. The molecule has 1 nitrogen and oxygen atoms in total. The fourth-order valence-electron chi connectivity index (χ4n) is 0.792. The van der Waals surface area contributed by atoms with Gasteiger partial charge in [0, 0.05) is 19.5 Å². The summed E-state index contributed by atoms with van der Waals surface area (Å²) in [5.74, 6) is 0.900. The SMILES string of the molecule is [Br-].[CH2]Cc1ccc(OC)cc1.[Zn]. The number of hydrogen-bond acceptors (Lipinski definition) is 1. The minimum absolute atomic E-state index is 0. The van der Waals surface area contributed by atoms with Gasteiger partial charge in [-0.05, 0) is 31.0 Å². The molecule has 3 heteroatoms. The first-order valence-electron chi connectivity index (χ1n) is 3.29. The van der Waals surface area contributed by atoms with E-state index in [0.29, 0.717) is 0 Å². The minimum atomic E-state index is 0. The van der Waals surface area contributed by atoms with E-state index in [-0.39, 0.29) is 36.5 Å². The summed E-state index contributed by atoms with van der Waals surface area (Å²) >= 11 is 0. The van der Waals surface area contributed by atoms with E-state index in [1.54, 1.807) is 7.11 Å². The normalized spacial score (nSPS) is 7.83. The van der Waals surface area contributed by atoms with Gasteiger partial charge in [-0.15, -0.1) is 0 Å². The molecule has 0 aliphatic carbocycles. The van der Waals surface area contributed by atoms with Gasteiger partial charge in [0.1, 0.15) is 5.75 Å². The minimum Gasteiger partial charge on any atom is -1.00 e. The standard InChI is InChI=1S/C9H11O.BrH.Zn/c1-3-8-4-6-9(10-2)7-5-8;;/h4-7H,1,3H2,2H3;1H;/p-1. The van der Waals surface area contributed by atoms with Gasteiger partial charge in [-0.2, -0.15) is 0 Å². The Hall–Kier alpha value is 0.123. The summed E-state index contributed by atoms with van der Waals surface area (Å²) in [6.45, 7) is 3.77. The third-order valence-corrected chi connectivity index (χ3v) is 1.45. The Morgan fingerprint density at radius 1 is 1.25 bits per heavy atom. The molecule has 0 aromatic heterocycles. The van der Waals surface area contributed by atoms with Crippen LogP contribution in [0.2, 0.25) is 0 Å². The van der Waals surface area contributed by atoms with Crippen molar-refractivity contribution in [1.82, 2.24) is 0 Å². The van der Waals surface area contributed by atoms with Crippen molar-refractivity contribution in [2.24, 2.45) is 0 Å². The fraction of sp³-hybridized carbons (Fsp3) is 0.222. The van der Waals surface area contributed by atoms with Crippen molar-refractivity contribution in [2.75, 3.05) is 7.11 Å². The van der Waals surface area contributed by atoms with Gasteiger partial charge < -0.3 is 21.7 Å². The molecule has 0 unspecified atom stereocenters. The molecule has 0 aliphatic rings. The molecule has 0 saturated heterocycles. The zero-order valence-electron chi connectivity index (χ0n) is 7.22. The van der Waals surface area contributed by atoms with Gasteiger partial charge in [-0.1, -0.05) is 12.1 Å². The van der Waals surface area contributed by atoms with Crippen molar-refractivity contribution in [3.63, 3.8) is 0 Å². The third-order valence-electron chi connectivity index (χ3n) is 1.45. The Labute approximate surface area is 97.0 Å². The maximum atomic E-state index is 4.99. The second-order valence-electron chi connectivity index (χ2n) is 2.10. The van der Waals surface area contributed by atoms with Crippen LogP contribution in [0.1, 0.15) is 5.56 Å². The van der Waals surface area contributed by atoms with Gasteiger partial charge in [0.05, 0.1) is 7.11 Å². The predicted octanol–water partition coefficient (Wildman–Crippen LogP) is -0.927. The van der Waals surface area contributed by atoms with E-state index in [1.807, 2.05) is 24.3 Å². The second kappa shape index (κ2) is 7.76.